The molecular weight excluding hydrogens is 326 g/mol. The van der Waals surface area contributed by atoms with E-state index in [0.717, 1.165) is 28.9 Å². The van der Waals surface area contributed by atoms with E-state index in [1.54, 1.807) is 0 Å². The van der Waals surface area contributed by atoms with Gasteiger partial charge < -0.3 is 15.0 Å². The maximum Gasteiger partial charge on any atom is 0.344 e. The Labute approximate surface area is 143 Å². The van der Waals surface area contributed by atoms with Gasteiger partial charge in [-0.3, -0.25) is 4.79 Å². The Hall–Kier alpha value is -2.81. The van der Waals surface area contributed by atoms with Crippen LogP contribution in [0.5, 0.6) is 0 Å². The lowest BCUT2D eigenvalue weighted by Gasteiger charge is -2.30. The molecule has 1 aliphatic rings. The summed E-state index contributed by atoms with van der Waals surface area (Å²) in [5, 5.41) is 7.03. The van der Waals surface area contributed by atoms with Gasteiger partial charge in [0.05, 0.1) is 13.2 Å². The van der Waals surface area contributed by atoms with Gasteiger partial charge in [0, 0.05) is 25.3 Å². The Morgan fingerprint density at radius 2 is 1.80 bits per heavy atom. The number of H-pyrrole nitrogens is 2. The van der Waals surface area contributed by atoms with Gasteiger partial charge in [-0.2, -0.15) is 0 Å². The largest absolute Gasteiger partial charge is 0.378 e. The van der Waals surface area contributed by atoms with Crippen LogP contribution in [0.4, 0.5) is 5.69 Å². The summed E-state index contributed by atoms with van der Waals surface area (Å²) in [5.74, 6) is -0.379. The molecule has 1 fully saturated rings. The number of morpholine rings is 1. The number of amides is 1. The SMILES string of the molecule is O=C(Cn1c(=O)[nH][nH]c1=O)NCCc1ccccc1N1CCOCC1. The number of rotatable bonds is 6. The topological polar surface area (TPSA) is 112 Å². The van der Waals surface area contributed by atoms with Crippen molar-refractivity contribution in [3.8, 4) is 0 Å². The number of aromatic nitrogens is 3. The van der Waals surface area contributed by atoms with Gasteiger partial charge in [0.25, 0.3) is 0 Å². The van der Waals surface area contributed by atoms with E-state index in [4.69, 9.17) is 4.74 Å². The highest BCUT2D eigenvalue weighted by Crippen LogP contribution is 2.21. The fourth-order valence-electron chi connectivity index (χ4n) is 2.85. The van der Waals surface area contributed by atoms with Crippen LogP contribution in [0.25, 0.3) is 0 Å². The number of carbonyl (C=O) groups excluding carboxylic acids is 1. The number of nitrogens with zero attached hydrogens (tertiary/aromatic N) is 2. The van der Waals surface area contributed by atoms with Crippen molar-refractivity contribution in [1.82, 2.24) is 20.1 Å². The van der Waals surface area contributed by atoms with Gasteiger partial charge >= 0.3 is 11.4 Å². The van der Waals surface area contributed by atoms with Crippen LogP contribution in [-0.4, -0.2) is 53.5 Å². The number of hydrogen-bond donors (Lipinski definition) is 3. The number of benzene rings is 1. The number of hydrogen-bond acceptors (Lipinski definition) is 5. The summed E-state index contributed by atoms with van der Waals surface area (Å²) in [5.41, 5.74) is 1.04. The third kappa shape index (κ3) is 4.18. The lowest BCUT2D eigenvalue weighted by Crippen LogP contribution is -2.38. The minimum atomic E-state index is -0.627. The van der Waals surface area contributed by atoms with Crippen molar-refractivity contribution in [2.75, 3.05) is 37.7 Å². The molecule has 0 atom stereocenters. The predicted molar refractivity (Wildman–Crippen MR) is 91.9 cm³/mol. The summed E-state index contributed by atoms with van der Waals surface area (Å²) < 4.78 is 6.20. The standard InChI is InChI=1S/C16H21N5O4/c22-14(11-21-15(23)18-19-16(21)24)17-6-5-12-3-1-2-4-13(12)20-7-9-25-10-8-20/h1-4H,5-11H2,(H,17,22)(H,18,23)(H,19,24). The van der Waals surface area contributed by atoms with Crippen LogP contribution >= 0.6 is 0 Å². The van der Waals surface area contributed by atoms with E-state index >= 15 is 0 Å². The second kappa shape index (κ2) is 7.84. The summed E-state index contributed by atoms with van der Waals surface area (Å²) in [6.45, 7) is 3.25. The molecule has 0 bridgehead atoms. The smallest absolute Gasteiger partial charge is 0.344 e. The maximum atomic E-state index is 11.9. The van der Waals surface area contributed by atoms with Crippen molar-refractivity contribution in [1.29, 1.82) is 0 Å². The van der Waals surface area contributed by atoms with E-state index in [0.29, 0.717) is 26.2 Å². The summed E-state index contributed by atoms with van der Waals surface area (Å²) in [7, 11) is 0. The van der Waals surface area contributed by atoms with Gasteiger partial charge in [0.15, 0.2) is 0 Å². The highest BCUT2D eigenvalue weighted by molar-refractivity contribution is 5.75. The molecule has 1 aromatic heterocycles. The van der Waals surface area contributed by atoms with Crippen LogP contribution in [0, 0.1) is 0 Å². The van der Waals surface area contributed by atoms with E-state index in [-0.39, 0.29) is 12.5 Å². The molecule has 0 unspecified atom stereocenters. The van der Waals surface area contributed by atoms with Crippen molar-refractivity contribution < 1.29 is 9.53 Å². The monoisotopic (exact) mass is 347 g/mol. The minimum Gasteiger partial charge on any atom is -0.378 e. The first-order valence-electron chi connectivity index (χ1n) is 8.20. The number of nitrogens with one attached hydrogen (secondary N) is 3. The van der Waals surface area contributed by atoms with E-state index in [1.165, 1.54) is 0 Å². The zero-order chi connectivity index (χ0) is 17.6. The normalized spacial score (nSPS) is 14.5. The molecule has 1 amide bonds. The average molecular weight is 347 g/mol. The number of aromatic amines is 2. The van der Waals surface area contributed by atoms with Crippen LogP contribution in [0.3, 0.4) is 0 Å². The van der Waals surface area contributed by atoms with Gasteiger partial charge in [-0.15, -0.1) is 0 Å². The quantitative estimate of drug-likeness (QED) is 0.624. The molecule has 1 saturated heterocycles. The Balaban J connectivity index is 1.56. The molecule has 134 valence electrons. The number of para-hydroxylation sites is 1. The fourth-order valence-corrected chi connectivity index (χ4v) is 2.85. The van der Waals surface area contributed by atoms with Crippen molar-refractivity contribution in [3.05, 3.63) is 50.8 Å². The molecule has 1 aromatic carbocycles. The Morgan fingerprint density at radius 1 is 1.12 bits per heavy atom. The van der Waals surface area contributed by atoms with Crippen molar-refractivity contribution >= 4 is 11.6 Å². The van der Waals surface area contributed by atoms with Crippen molar-refractivity contribution in [3.63, 3.8) is 0 Å². The summed E-state index contributed by atoms with van der Waals surface area (Å²) >= 11 is 0. The van der Waals surface area contributed by atoms with Crippen molar-refractivity contribution in [2.45, 2.75) is 13.0 Å². The van der Waals surface area contributed by atoms with Crippen LogP contribution in [0.1, 0.15) is 5.56 Å². The molecule has 0 spiro atoms. The van der Waals surface area contributed by atoms with Crippen LogP contribution < -0.4 is 21.6 Å². The van der Waals surface area contributed by atoms with E-state index in [2.05, 4.69) is 26.5 Å². The Kier molecular flexibility index (Phi) is 5.34. The maximum absolute atomic E-state index is 11.9. The lowest BCUT2D eigenvalue weighted by molar-refractivity contribution is -0.121. The molecule has 9 nitrogen and oxygen atoms in total. The molecule has 9 heteroatoms. The molecule has 3 rings (SSSR count). The van der Waals surface area contributed by atoms with Crippen LogP contribution in [-0.2, 0) is 22.5 Å². The number of anilines is 1. The first-order chi connectivity index (χ1) is 12.1. The third-order valence-corrected chi connectivity index (χ3v) is 4.13. The highest BCUT2D eigenvalue weighted by atomic mass is 16.5. The zero-order valence-corrected chi connectivity index (χ0v) is 13.8. The average Bonchev–Trinajstić information content (AvgIpc) is 2.95. The fraction of sp³-hybridized carbons (Fsp3) is 0.438. The second-order valence-electron chi connectivity index (χ2n) is 5.77. The lowest BCUT2D eigenvalue weighted by atomic mass is 10.1. The van der Waals surface area contributed by atoms with Crippen LogP contribution in [0.15, 0.2) is 33.9 Å². The molecule has 1 aliphatic heterocycles. The summed E-state index contributed by atoms with van der Waals surface area (Å²) in [4.78, 5) is 36.9. The molecule has 3 N–H and O–H groups in total. The Bertz CT molecular complexity index is 804. The first-order valence-corrected chi connectivity index (χ1v) is 8.20. The highest BCUT2D eigenvalue weighted by Gasteiger charge is 2.14. The molecule has 0 radical (unpaired) electrons. The van der Waals surface area contributed by atoms with Gasteiger partial charge in [-0.25, -0.2) is 24.4 Å². The second-order valence-corrected chi connectivity index (χ2v) is 5.77. The van der Waals surface area contributed by atoms with E-state index in [9.17, 15) is 14.4 Å². The number of ether oxygens (including phenoxy) is 1. The third-order valence-electron chi connectivity index (χ3n) is 4.13. The van der Waals surface area contributed by atoms with Gasteiger partial charge in [0.2, 0.25) is 5.91 Å². The minimum absolute atomic E-state index is 0.303. The van der Waals surface area contributed by atoms with Crippen molar-refractivity contribution in [2.24, 2.45) is 0 Å². The molecule has 2 heterocycles. The molecule has 2 aromatic rings. The predicted octanol–water partition coefficient (Wildman–Crippen LogP) is -0.940. The van der Waals surface area contributed by atoms with E-state index in [1.807, 2.05) is 18.2 Å². The van der Waals surface area contributed by atoms with Crippen LogP contribution in [0.2, 0.25) is 0 Å². The first kappa shape index (κ1) is 17.0. The van der Waals surface area contributed by atoms with E-state index < -0.39 is 11.4 Å². The van der Waals surface area contributed by atoms with Gasteiger partial charge in [-0.1, -0.05) is 18.2 Å². The summed E-state index contributed by atoms with van der Waals surface area (Å²) in [6.07, 6.45) is 0.664. The number of carbonyl (C=O) groups is 1. The van der Waals surface area contributed by atoms with Gasteiger partial charge in [-0.05, 0) is 18.1 Å². The molecular formula is C16H21N5O4. The molecule has 25 heavy (non-hydrogen) atoms. The summed E-state index contributed by atoms with van der Waals surface area (Å²) in [6, 6.07) is 8.08. The Morgan fingerprint density at radius 3 is 2.52 bits per heavy atom. The molecule has 0 aliphatic carbocycles. The zero-order valence-electron chi connectivity index (χ0n) is 13.8. The molecule has 0 saturated carbocycles. The van der Waals surface area contributed by atoms with Gasteiger partial charge in [0.1, 0.15) is 6.54 Å².